The van der Waals surface area contributed by atoms with Gasteiger partial charge in [-0.05, 0) is 30.2 Å². The van der Waals surface area contributed by atoms with Crippen LogP contribution in [0.25, 0.3) is 0 Å². The van der Waals surface area contributed by atoms with Crippen molar-refractivity contribution in [3.63, 3.8) is 0 Å². The van der Waals surface area contributed by atoms with Gasteiger partial charge >= 0.3 is 0 Å². The number of aliphatic hydroxyl groups excluding tert-OH is 1. The van der Waals surface area contributed by atoms with Crippen LogP contribution in [-0.2, 0) is 13.1 Å². The van der Waals surface area contributed by atoms with Crippen molar-refractivity contribution in [1.82, 2.24) is 9.80 Å². The fraction of sp³-hybridized carbons (Fsp3) is 0.400. The summed E-state index contributed by atoms with van der Waals surface area (Å²) in [5, 5.41) is 9.39. The minimum atomic E-state index is -0.846. The van der Waals surface area contributed by atoms with Gasteiger partial charge in [0.05, 0.1) is 0 Å². The van der Waals surface area contributed by atoms with Crippen molar-refractivity contribution in [2.75, 3.05) is 26.2 Å². The maximum Gasteiger partial charge on any atom is 0.159 e. The van der Waals surface area contributed by atoms with Gasteiger partial charge in [-0.1, -0.05) is 24.3 Å². The number of hydrogen-bond acceptors (Lipinski definition) is 3. The van der Waals surface area contributed by atoms with Crippen LogP contribution in [0.3, 0.4) is 0 Å². The molecule has 1 heterocycles. The summed E-state index contributed by atoms with van der Waals surface area (Å²) >= 11 is 0. The Morgan fingerprint density at radius 3 is 2.46 bits per heavy atom. The summed E-state index contributed by atoms with van der Waals surface area (Å²) in [6.07, 6.45) is 0.586. The molecule has 140 valence electrons. The molecule has 1 atom stereocenters. The van der Waals surface area contributed by atoms with Crippen LogP contribution in [-0.4, -0.2) is 47.2 Å². The van der Waals surface area contributed by atoms with E-state index in [1.54, 1.807) is 18.2 Å². The molecule has 1 saturated heterocycles. The van der Waals surface area contributed by atoms with E-state index in [0.717, 1.165) is 19.2 Å². The summed E-state index contributed by atoms with van der Waals surface area (Å²) in [7, 11) is 0. The van der Waals surface area contributed by atoms with Crippen LogP contribution in [0.1, 0.15) is 17.5 Å². The van der Waals surface area contributed by atoms with Crippen LogP contribution >= 0.6 is 0 Å². The van der Waals surface area contributed by atoms with Crippen LogP contribution in [0.4, 0.5) is 13.2 Å². The minimum Gasteiger partial charge on any atom is -0.396 e. The van der Waals surface area contributed by atoms with Gasteiger partial charge in [0.25, 0.3) is 0 Å². The summed E-state index contributed by atoms with van der Waals surface area (Å²) in [6, 6.07) is 10.8. The zero-order chi connectivity index (χ0) is 18.5. The van der Waals surface area contributed by atoms with E-state index in [4.69, 9.17) is 0 Å². The number of hydrogen-bond donors (Lipinski definition) is 1. The Hall–Kier alpha value is -1.89. The van der Waals surface area contributed by atoms with E-state index in [0.29, 0.717) is 37.2 Å². The summed E-state index contributed by atoms with van der Waals surface area (Å²) < 4.78 is 40.4. The van der Waals surface area contributed by atoms with Crippen molar-refractivity contribution in [3.8, 4) is 0 Å². The molecule has 0 radical (unpaired) electrons. The van der Waals surface area contributed by atoms with Gasteiger partial charge in [0, 0.05) is 50.9 Å². The molecule has 3 rings (SSSR count). The van der Waals surface area contributed by atoms with Gasteiger partial charge in [-0.2, -0.15) is 0 Å². The molecular weight excluding hydrogens is 341 g/mol. The number of halogens is 3. The van der Waals surface area contributed by atoms with Crippen LogP contribution in [0.15, 0.2) is 42.5 Å². The van der Waals surface area contributed by atoms with Gasteiger partial charge in [-0.3, -0.25) is 9.80 Å². The quantitative estimate of drug-likeness (QED) is 0.853. The zero-order valence-electron chi connectivity index (χ0n) is 14.5. The topological polar surface area (TPSA) is 26.7 Å². The van der Waals surface area contributed by atoms with Gasteiger partial charge in [0.1, 0.15) is 5.82 Å². The number of piperazine rings is 1. The number of nitrogens with zero attached hydrogens (tertiary/aromatic N) is 2. The normalized spacial score (nSPS) is 19.0. The largest absolute Gasteiger partial charge is 0.396 e. The molecule has 2 aromatic carbocycles. The molecular formula is C20H23F3N2O. The first-order valence-electron chi connectivity index (χ1n) is 8.81. The highest BCUT2D eigenvalue weighted by atomic mass is 19.2. The maximum atomic E-state index is 13.9. The van der Waals surface area contributed by atoms with Crippen molar-refractivity contribution in [2.45, 2.75) is 25.6 Å². The van der Waals surface area contributed by atoms with Gasteiger partial charge in [0.15, 0.2) is 11.6 Å². The highest BCUT2D eigenvalue weighted by molar-refractivity contribution is 5.19. The van der Waals surface area contributed by atoms with E-state index in [1.165, 1.54) is 12.1 Å². The molecule has 0 aliphatic carbocycles. The van der Waals surface area contributed by atoms with Gasteiger partial charge in [-0.15, -0.1) is 0 Å². The molecule has 0 spiro atoms. The smallest absolute Gasteiger partial charge is 0.159 e. The Morgan fingerprint density at radius 1 is 0.923 bits per heavy atom. The predicted octanol–water partition coefficient (Wildman–Crippen LogP) is 3.17. The van der Waals surface area contributed by atoms with Crippen LogP contribution in [0.2, 0.25) is 0 Å². The van der Waals surface area contributed by atoms with Crippen LogP contribution < -0.4 is 0 Å². The lowest BCUT2D eigenvalue weighted by Gasteiger charge is -2.41. The SMILES string of the molecule is OCC[C@H]1CN(Cc2ccc(F)c(F)c2)CCN1Cc1ccccc1F. The lowest BCUT2D eigenvalue weighted by Crippen LogP contribution is -2.52. The summed E-state index contributed by atoms with van der Waals surface area (Å²) in [4.78, 5) is 4.33. The lowest BCUT2D eigenvalue weighted by molar-refractivity contribution is 0.0492. The second-order valence-electron chi connectivity index (χ2n) is 6.71. The molecule has 1 aliphatic rings. The fourth-order valence-electron chi connectivity index (χ4n) is 3.47. The fourth-order valence-corrected chi connectivity index (χ4v) is 3.47. The molecule has 1 aliphatic heterocycles. The van der Waals surface area contributed by atoms with Crippen LogP contribution in [0.5, 0.6) is 0 Å². The molecule has 6 heteroatoms. The maximum absolute atomic E-state index is 13.9. The second kappa shape index (κ2) is 8.66. The molecule has 1 fully saturated rings. The number of benzene rings is 2. The molecule has 0 unspecified atom stereocenters. The highest BCUT2D eigenvalue weighted by Gasteiger charge is 2.27. The van der Waals surface area contributed by atoms with E-state index in [1.807, 2.05) is 6.07 Å². The Bertz CT molecular complexity index is 741. The third-order valence-corrected chi connectivity index (χ3v) is 4.87. The molecule has 0 amide bonds. The predicted molar refractivity (Wildman–Crippen MR) is 93.9 cm³/mol. The summed E-state index contributed by atoms with van der Waals surface area (Å²) in [5.41, 5.74) is 1.36. The average Bonchev–Trinajstić information content (AvgIpc) is 2.62. The average molecular weight is 364 g/mol. The van der Waals surface area contributed by atoms with E-state index in [-0.39, 0.29) is 18.5 Å². The van der Waals surface area contributed by atoms with Crippen LogP contribution in [0, 0.1) is 17.5 Å². The lowest BCUT2D eigenvalue weighted by atomic mass is 10.1. The van der Waals surface area contributed by atoms with E-state index < -0.39 is 11.6 Å². The first kappa shape index (κ1) is 18.9. The van der Waals surface area contributed by atoms with Gasteiger partial charge < -0.3 is 5.11 Å². The zero-order valence-corrected chi connectivity index (χ0v) is 14.5. The Kier molecular flexibility index (Phi) is 6.29. The van der Waals surface area contributed by atoms with Gasteiger partial charge in [-0.25, -0.2) is 13.2 Å². The van der Waals surface area contributed by atoms with E-state index in [9.17, 15) is 18.3 Å². The third kappa shape index (κ3) is 4.63. The number of aliphatic hydroxyl groups is 1. The van der Waals surface area contributed by atoms with Crippen molar-refractivity contribution < 1.29 is 18.3 Å². The monoisotopic (exact) mass is 364 g/mol. The van der Waals surface area contributed by atoms with Crippen molar-refractivity contribution >= 4 is 0 Å². The molecule has 2 aromatic rings. The van der Waals surface area contributed by atoms with Gasteiger partial charge in [0.2, 0.25) is 0 Å². The van der Waals surface area contributed by atoms with Crippen molar-refractivity contribution in [3.05, 3.63) is 71.0 Å². The molecule has 1 N–H and O–H groups in total. The number of rotatable bonds is 6. The molecule has 26 heavy (non-hydrogen) atoms. The minimum absolute atomic E-state index is 0.0530. The Labute approximate surface area is 151 Å². The van der Waals surface area contributed by atoms with Crippen molar-refractivity contribution in [2.24, 2.45) is 0 Å². The van der Waals surface area contributed by atoms with E-state index >= 15 is 0 Å². The molecule has 0 bridgehead atoms. The van der Waals surface area contributed by atoms with Crippen molar-refractivity contribution in [1.29, 1.82) is 0 Å². The second-order valence-corrected chi connectivity index (χ2v) is 6.71. The standard InChI is InChI=1S/C20H23F3N2O/c21-18-4-2-1-3-16(18)13-25-9-8-24(14-17(25)7-10-26)12-15-5-6-19(22)20(23)11-15/h1-6,11,17,26H,7-10,12-14H2/t17-/m0/s1. The van der Waals surface area contributed by atoms with E-state index in [2.05, 4.69) is 9.80 Å². The highest BCUT2D eigenvalue weighted by Crippen LogP contribution is 2.20. The molecule has 0 aromatic heterocycles. The Balaban J connectivity index is 1.65. The third-order valence-electron chi connectivity index (χ3n) is 4.87. The first-order chi connectivity index (χ1) is 12.6. The first-order valence-corrected chi connectivity index (χ1v) is 8.81. The molecule has 3 nitrogen and oxygen atoms in total. The molecule has 0 saturated carbocycles. The summed E-state index contributed by atoms with van der Waals surface area (Å²) in [5.74, 6) is -1.91. The Morgan fingerprint density at radius 2 is 1.73 bits per heavy atom. The summed E-state index contributed by atoms with van der Waals surface area (Å²) in [6.45, 7) is 3.23.